The number of nitrogens with zero attached hydrogens (tertiary/aromatic N) is 2. The quantitative estimate of drug-likeness (QED) is 0.805. The van der Waals surface area contributed by atoms with E-state index in [-0.39, 0.29) is 12.1 Å². The summed E-state index contributed by atoms with van der Waals surface area (Å²) in [6.45, 7) is 3.33. The van der Waals surface area contributed by atoms with Crippen LogP contribution in [0.15, 0.2) is 35.3 Å². The van der Waals surface area contributed by atoms with Gasteiger partial charge in [-0.1, -0.05) is 25.5 Å². The summed E-state index contributed by atoms with van der Waals surface area (Å²) in [7, 11) is 1.28. The molecule has 7 nitrogen and oxygen atoms in total. The van der Waals surface area contributed by atoms with Crippen LogP contribution in [-0.4, -0.2) is 34.1 Å². The second-order valence-electron chi connectivity index (χ2n) is 5.79. The van der Waals surface area contributed by atoms with Crippen LogP contribution in [-0.2, 0) is 20.9 Å². The summed E-state index contributed by atoms with van der Waals surface area (Å²) in [5.74, 6) is -0.945. The van der Waals surface area contributed by atoms with E-state index in [1.165, 1.54) is 17.9 Å². The van der Waals surface area contributed by atoms with Crippen molar-refractivity contribution in [3.63, 3.8) is 0 Å². The predicted octanol–water partition coefficient (Wildman–Crippen LogP) is 1.24. The Morgan fingerprint density at radius 2 is 2.04 bits per heavy atom. The lowest BCUT2D eigenvalue weighted by Gasteiger charge is -2.27. The normalized spacial score (nSPS) is 13.3. The van der Waals surface area contributed by atoms with Gasteiger partial charge in [0, 0.05) is 0 Å². The molecule has 1 unspecified atom stereocenters. The van der Waals surface area contributed by atoms with Crippen molar-refractivity contribution >= 4 is 22.9 Å². The number of hydrogen-bond acceptors (Lipinski definition) is 5. The highest BCUT2D eigenvalue weighted by Crippen LogP contribution is 2.15. The van der Waals surface area contributed by atoms with Crippen molar-refractivity contribution in [1.29, 1.82) is 0 Å². The summed E-state index contributed by atoms with van der Waals surface area (Å²) in [4.78, 5) is 40.5. The molecule has 0 aliphatic rings. The molecule has 0 saturated heterocycles. The molecule has 0 fully saturated rings. The largest absolute Gasteiger partial charge is 0.467 e. The molecule has 0 saturated carbocycles. The van der Waals surface area contributed by atoms with E-state index in [2.05, 4.69) is 10.3 Å². The average molecular weight is 331 g/mol. The Hall–Kier alpha value is -2.70. The minimum absolute atomic E-state index is 0.196. The third-order valence-corrected chi connectivity index (χ3v) is 3.86. The fourth-order valence-corrected chi connectivity index (χ4v) is 2.71. The lowest BCUT2D eigenvalue weighted by molar-refractivity contribution is -0.150. The molecular weight excluding hydrogens is 310 g/mol. The Labute approximate surface area is 139 Å². The maximum absolute atomic E-state index is 12.4. The lowest BCUT2D eigenvalue weighted by Crippen LogP contribution is -2.53. The van der Waals surface area contributed by atoms with Gasteiger partial charge in [-0.25, -0.2) is 9.78 Å². The number of carbonyl (C=O) groups excluding carboxylic acids is 2. The molecule has 128 valence electrons. The van der Waals surface area contributed by atoms with Crippen LogP contribution in [0.3, 0.4) is 0 Å². The number of hydrogen-bond donors (Lipinski definition) is 1. The molecule has 1 N–H and O–H groups in total. The van der Waals surface area contributed by atoms with Crippen molar-refractivity contribution < 1.29 is 14.3 Å². The Kier molecular flexibility index (Phi) is 5.33. The average Bonchev–Trinajstić information content (AvgIpc) is 2.56. The summed E-state index contributed by atoms with van der Waals surface area (Å²) in [6, 6.07) is 7.06. The number of fused-ring (bicyclic) bond motifs is 1. The minimum Gasteiger partial charge on any atom is -0.467 e. The van der Waals surface area contributed by atoms with Crippen molar-refractivity contribution in [1.82, 2.24) is 14.9 Å². The first-order valence-corrected chi connectivity index (χ1v) is 7.75. The second-order valence-corrected chi connectivity index (χ2v) is 5.79. The molecule has 1 amide bonds. The molecule has 0 aliphatic heterocycles. The summed E-state index contributed by atoms with van der Waals surface area (Å²) < 4.78 is 6.12. The van der Waals surface area contributed by atoms with Crippen molar-refractivity contribution in [2.45, 2.75) is 38.8 Å². The van der Waals surface area contributed by atoms with Gasteiger partial charge in [0.1, 0.15) is 12.1 Å². The molecule has 0 aliphatic carbocycles. The molecule has 0 radical (unpaired) electrons. The third-order valence-electron chi connectivity index (χ3n) is 3.86. The van der Waals surface area contributed by atoms with Gasteiger partial charge < -0.3 is 10.1 Å². The molecule has 1 atom stereocenters. The summed E-state index contributed by atoms with van der Waals surface area (Å²) in [5.41, 5.74) is -0.309. The van der Waals surface area contributed by atoms with E-state index in [1.807, 2.05) is 6.92 Å². The maximum Gasteiger partial charge on any atom is 0.331 e. The topological polar surface area (TPSA) is 90.3 Å². The number of nitrogens with one attached hydrogen (secondary N) is 1. The van der Waals surface area contributed by atoms with Crippen molar-refractivity contribution in [2.24, 2.45) is 0 Å². The number of rotatable bonds is 6. The number of carbonyl (C=O) groups is 2. The SMILES string of the molecule is CCCC(C)(NC(=O)Cn1c(=O)cnc2ccccc21)C(=O)OC. The first-order valence-electron chi connectivity index (χ1n) is 7.75. The fourth-order valence-electron chi connectivity index (χ4n) is 2.71. The van der Waals surface area contributed by atoms with Gasteiger partial charge in [0.15, 0.2) is 0 Å². The predicted molar refractivity (Wildman–Crippen MR) is 89.5 cm³/mol. The van der Waals surface area contributed by atoms with Crippen LogP contribution in [0.1, 0.15) is 26.7 Å². The molecule has 24 heavy (non-hydrogen) atoms. The number of amides is 1. The summed E-state index contributed by atoms with van der Waals surface area (Å²) in [5, 5.41) is 2.69. The Balaban J connectivity index is 2.28. The molecule has 1 aromatic heterocycles. The highest BCUT2D eigenvalue weighted by atomic mass is 16.5. The Morgan fingerprint density at radius 3 is 2.71 bits per heavy atom. The van der Waals surface area contributed by atoms with Crippen molar-refractivity contribution in [3.8, 4) is 0 Å². The van der Waals surface area contributed by atoms with Gasteiger partial charge in [0.25, 0.3) is 5.56 Å². The van der Waals surface area contributed by atoms with Gasteiger partial charge in [-0.3, -0.25) is 14.2 Å². The van der Waals surface area contributed by atoms with Gasteiger partial charge in [-0.2, -0.15) is 0 Å². The highest BCUT2D eigenvalue weighted by Gasteiger charge is 2.35. The first kappa shape index (κ1) is 17.7. The molecule has 2 rings (SSSR count). The molecule has 7 heteroatoms. The standard InChI is InChI=1S/C17H21N3O4/c1-4-9-17(2,16(23)24-3)19-14(21)11-20-13-8-6-5-7-12(13)18-10-15(20)22/h5-8,10H,4,9,11H2,1-3H3,(H,19,21). The summed E-state index contributed by atoms with van der Waals surface area (Å²) in [6.07, 6.45) is 2.32. The van der Waals surface area contributed by atoms with Crippen molar-refractivity contribution in [2.75, 3.05) is 7.11 Å². The van der Waals surface area contributed by atoms with Crippen LogP contribution < -0.4 is 10.9 Å². The van der Waals surface area contributed by atoms with Gasteiger partial charge in [0.05, 0.1) is 24.3 Å². The zero-order valence-corrected chi connectivity index (χ0v) is 14.0. The molecule has 0 bridgehead atoms. The van der Waals surface area contributed by atoms with Crippen LogP contribution in [0.4, 0.5) is 0 Å². The summed E-state index contributed by atoms with van der Waals surface area (Å²) >= 11 is 0. The fraction of sp³-hybridized carbons (Fsp3) is 0.412. The van der Waals surface area contributed by atoms with Crippen LogP contribution in [0.25, 0.3) is 11.0 Å². The number of ether oxygens (including phenoxy) is 1. The number of aromatic nitrogens is 2. The lowest BCUT2D eigenvalue weighted by atomic mass is 9.96. The maximum atomic E-state index is 12.4. The number of para-hydroxylation sites is 2. The van der Waals surface area contributed by atoms with Crippen LogP contribution in [0.2, 0.25) is 0 Å². The van der Waals surface area contributed by atoms with Gasteiger partial charge in [0.2, 0.25) is 5.91 Å². The Bertz CT molecular complexity index is 815. The molecule has 1 aromatic carbocycles. The van der Waals surface area contributed by atoms with E-state index in [0.29, 0.717) is 23.9 Å². The van der Waals surface area contributed by atoms with Crippen LogP contribution in [0, 0.1) is 0 Å². The van der Waals surface area contributed by atoms with E-state index in [4.69, 9.17) is 4.74 Å². The molecular formula is C17H21N3O4. The second kappa shape index (κ2) is 7.25. The van der Waals surface area contributed by atoms with Crippen molar-refractivity contribution in [3.05, 3.63) is 40.8 Å². The van der Waals surface area contributed by atoms with Gasteiger partial charge >= 0.3 is 5.97 Å². The Morgan fingerprint density at radius 1 is 1.33 bits per heavy atom. The first-order chi connectivity index (χ1) is 11.4. The van der Waals surface area contributed by atoms with Gasteiger partial charge in [-0.05, 0) is 25.5 Å². The third kappa shape index (κ3) is 3.61. The number of esters is 1. The minimum atomic E-state index is -1.12. The zero-order valence-electron chi connectivity index (χ0n) is 14.0. The van der Waals surface area contributed by atoms with Crippen LogP contribution >= 0.6 is 0 Å². The van der Waals surface area contributed by atoms with E-state index in [1.54, 1.807) is 31.2 Å². The molecule has 2 aromatic rings. The molecule has 1 heterocycles. The van der Waals surface area contributed by atoms with Gasteiger partial charge in [-0.15, -0.1) is 0 Å². The highest BCUT2D eigenvalue weighted by molar-refractivity contribution is 5.88. The monoisotopic (exact) mass is 331 g/mol. The van der Waals surface area contributed by atoms with E-state index in [0.717, 1.165) is 0 Å². The number of benzene rings is 1. The van der Waals surface area contributed by atoms with Crippen LogP contribution in [0.5, 0.6) is 0 Å². The molecule has 0 spiro atoms. The van der Waals surface area contributed by atoms with E-state index >= 15 is 0 Å². The van der Waals surface area contributed by atoms with E-state index < -0.39 is 17.4 Å². The smallest absolute Gasteiger partial charge is 0.331 e. The number of methoxy groups -OCH3 is 1. The zero-order chi connectivity index (χ0) is 17.7. The van der Waals surface area contributed by atoms with E-state index in [9.17, 15) is 14.4 Å².